The van der Waals surface area contributed by atoms with E-state index in [2.05, 4.69) is 20.2 Å². The molecule has 0 atom stereocenters. The highest BCUT2D eigenvalue weighted by molar-refractivity contribution is 5.82. The number of ether oxygens (including phenoxy) is 2. The van der Waals surface area contributed by atoms with Crippen LogP contribution < -0.4 is 15.2 Å². The highest BCUT2D eigenvalue weighted by Crippen LogP contribution is 2.32. The van der Waals surface area contributed by atoms with E-state index < -0.39 is 0 Å². The van der Waals surface area contributed by atoms with Crippen LogP contribution in [-0.4, -0.2) is 34.4 Å². The topological polar surface area (TPSA) is 102 Å². The van der Waals surface area contributed by atoms with Gasteiger partial charge in [-0.05, 0) is 0 Å². The van der Waals surface area contributed by atoms with Crippen molar-refractivity contribution in [1.29, 1.82) is 0 Å². The van der Waals surface area contributed by atoms with Gasteiger partial charge in [0.15, 0.2) is 17.3 Å². The molecule has 19 heavy (non-hydrogen) atoms. The molecule has 0 saturated carbocycles. The van der Waals surface area contributed by atoms with Crippen LogP contribution in [0, 0.1) is 0 Å². The van der Waals surface area contributed by atoms with Gasteiger partial charge in [0.2, 0.25) is 0 Å². The third-order valence-electron chi connectivity index (χ3n) is 2.84. The minimum absolute atomic E-state index is 0.422. The molecule has 2 aromatic heterocycles. The molecule has 0 radical (unpaired) electrons. The van der Waals surface area contributed by atoms with Gasteiger partial charge in [-0.15, -0.1) is 0 Å². The molecule has 0 amide bonds. The van der Waals surface area contributed by atoms with Crippen molar-refractivity contribution in [3.63, 3.8) is 0 Å². The van der Waals surface area contributed by atoms with E-state index in [0.717, 1.165) is 16.7 Å². The SMILES string of the molecule is COc1cc2nc(-c3cc(N)n[nH]3)[nH]c2cc1OC. The fourth-order valence-corrected chi connectivity index (χ4v) is 1.92. The number of nitrogens with zero attached hydrogens (tertiary/aromatic N) is 2. The predicted molar refractivity (Wildman–Crippen MR) is 71.2 cm³/mol. The summed E-state index contributed by atoms with van der Waals surface area (Å²) in [7, 11) is 3.18. The number of nitrogen functional groups attached to an aromatic ring is 1. The fourth-order valence-electron chi connectivity index (χ4n) is 1.92. The highest BCUT2D eigenvalue weighted by atomic mass is 16.5. The summed E-state index contributed by atoms with van der Waals surface area (Å²) in [6.07, 6.45) is 0. The summed E-state index contributed by atoms with van der Waals surface area (Å²) >= 11 is 0. The Morgan fingerprint density at radius 2 is 1.84 bits per heavy atom. The summed E-state index contributed by atoms with van der Waals surface area (Å²) in [5.74, 6) is 2.37. The van der Waals surface area contributed by atoms with Crippen molar-refractivity contribution < 1.29 is 9.47 Å². The predicted octanol–water partition coefficient (Wildman–Crippen LogP) is 1.55. The Kier molecular flexibility index (Phi) is 2.52. The average molecular weight is 259 g/mol. The molecule has 0 spiro atoms. The second kappa shape index (κ2) is 4.20. The molecule has 0 fully saturated rings. The number of aromatic nitrogens is 4. The van der Waals surface area contributed by atoms with Crippen molar-refractivity contribution in [2.45, 2.75) is 0 Å². The number of fused-ring (bicyclic) bond motifs is 1. The summed E-state index contributed by atoms with van der Waals surface area (Å²) in [6.45, 7) is 0. The number of aromatic amines is 2. The number of methoxy groups -OCH3 is 2. The molecule has 0 aliphatic carbocycles. The average Bonchev–Trinajstić information content (AvgIpc) is 3.02. The van der Waals surface area contributed by atoms with Crippen molar-refractivity contribution in [1.82, 2.24) is 20.2 Å². The summed E-state index contributed by atoms with van der Waals surface area (Å²) in [6, 6.07) is 5.37. The Hall–Kier alpha value is -2.70. The lowest BCUT2D eigenvalue weighted by Crippen LogP contribution is -1.89. The van der Waals surface area contributed by atoms with Crippen LogP contribution in [0.5, 0.6) is 11.5 Å². The lowest BCUT2D eigenvalue weighted by molar-refractivity contribution is 0.356. The van der Waals surface area contributed by atoms with Crippen molar-refractivity contribution >= 4 is 16.9 Å². The van der Waals surface area contributed by atoms with Gasteiger partial charge in [-0.3, -0.25) is 5.10 Å². The maximum Gasteiger partial charge on any atom is 0.163 e. The molecule has 0 aliphatic rings. The molecule has 4 N–H and O–H groups in total. The molecule has 98 valence electrons. The molecule has 0 bridgehead atoms. The molecule has 2 heterocycles. The third kappa shape index (κ3) is 1.85. The van der Waals surface area contributed by atoms with Crippen molar-refractivity contribution in [3.8, 4) is 23.0 Å². The van der Waals surface area contributed by atoms with Crippen LogP contribution >= 0.6 is 0 Å². The van der Waals surface area contributed by atoms with E-state index in [1.807, 2.05) is 12.1 Å². The number of nitrogens with one attached hydrogen (secondary N) is 2. The van der Waals surface area contributed by atoms with Gasteiger partial charge in [-0.25, -0.2) is 4.98 Å². The van der Waals surface area contributed by atoms with E-state index in [1.165, 1.54) is 0 Å². The summed E-state index contributed by atoms with van der Waals surface area (Å²) in [5.41, 5.74) is 7.93. The van der Waals surface area contributed by atoms with E-state index in [4.69, 9.17) is 15.2 Å². The molecule has 0 aliphatic heterocycles. The molecule has 7 nitrogen and oxygen atoms in total. The lowest BCUT2D eigenvalue weighted by Gasteiger charge is -2.06. The molecule has 0 unspecified atom stereocenters. The standard InChI is InChI=1S/C12H13N5O2/c1-18-9-3-6-7(4-10(9)19-2)15-12(14-6)8-5-11(13)17-16-8/h3-5H,1-2H3,(H,14,15)(H3,13,16,17). The molecule has 3 aromatic rings. The first kappa shape index (κ1) is 11.4. The van der Waals surface area contributed by atoms with Crippen molar-refractivity contribution in [2.24, 2.45) is 0 Å². The minimum atomic E-state index is 0.422. The van der Waals surface area contributed by atoms with E-state index in [9.17, 15) is 0 Å². The van der Waals surface area contributed by atoms with Crippen LogP contribution in [0.3, 0.4) is 0 Å². The van der Waals surface area contributed by atoms with Crippen LogP contribution in [0.15, 0.2) is 18.2 Å². The maximum atomic E-state index is 5.58. The Balaban J connectivity index is 2.15. The molecule has 7 heteroatoms. The molecular formula is C12H13N5O2. The number of hydrogen-bond acceptors (Lipinski definition) is 5. The van der Waals surface area contributed by atoms with Gasteiger partial charge in [0.25, 0.3) is 0 Å². The van der Waals surface area contributed by atoms with Gasteiger partial charge in [0, 0.05) is 18.2 Å². The molecule has 0 saturated heterocycles. The Morgan fingerprint density at radius 3 is 2.47 bits per heavy atom. The zero-order valence-corrected chi connectivity index (χ0v) is 10.5. The Morgan fingerprint density at radius 1 is 1.11 bits per heavy atom. The first-order valence-corrected chi connectivity index (χ1v) is 5.64. The van der Waals surface area contributed by atoms with Crippen LogP contribution in [0.2, 0.25) is 0 Å². The van der Waals surface area contributed by atoms with Gasteiger partial charge in [-0.2, -0.15) is 5.10 Å². The van der Waals surface area contributed by atoms with Gasteiger partial charge in [0.05, 0.1) is 25.3 Å². The van der Waals surface area contributed by atoms with Crippen molar-refractivity contribution in [2.75, 3.05) is 20.0 Å². The zero-order valence-electron chi connectivity index (χ0n) is 10.5. The fraction of sp³-hybridized carbons (Fsp3) is 0.167. The van der Waals surface area contributed by atoms with E-state index in [1.54, 1.807) is 20.3 Å². The zero-order chi connectivity index (χ0) is 13.4. The number of H-pyrrole nitrogens is 2. The lowest BCUT2D eigenvalue weighted by atomic mass is 10.3. The van der Waals surface area contributed by atoms with Crippen LogP contribution in [0.4, 0.5) is 5.82 Å². The second-order valence-electron chi connectivity index (χ2n) is 4.02. The largest absolute Gasteiger partial charge is 0.493 e. The minimum Gasteiger partial charge on any atom is -0.493 e. The summed E-state index contributed by atoms with van der Waals surface area (Å²) in [5, 5.41) is 6.68. The molecule has 1 aromatic carbocycles. The Labute approximate surface area is 108 Å². The molecule has 3 rings (SSSR count). The van der Waals surface area contributed by atoms with E-state index in [-0.39, 0.29) is 0 Å². The number of rotatable bonds is 3. The summed E-state index contributed by atoms with van der Waals surface area (Å²) in [4.78, 5) is 7.64. The number of benzene rings is 1. The number of hydrogen-bond donors (Lipinski definition) is 3. The highest BCUT2D eigenvalue weighted by Gasteiger charge is 2.12. The van der Waals surface area contributed by atoms with E-state index in [0.29, 0.717) is 23.1 Å². The normalized spacial score (nSPS) is 10.8. The maximum absolute atomic E-state index is 5.58. The number of anilines is 1. The van der Waals surface area contributed by atoms with E-state index >= 15 is 0 Å². The first-order valence-electron chi connectivity index (χ1n) is 5.64. The number of imidazole rings is 1. The van der Waals surface area contributed by atoms with Crippen molar-refractivity contribution in [3.05, 3.63) is 18.2 Å². The van der Waals surface area contributed by atoms with Gasteiger partial charge >= 0.3 is 0 Å². The van der Waals surface area contributed by atoms with Gasteiger partial charge in [0.1, 0.15) is 11.5 Å². The number of nitrogens with two attached hydrogens (primary N) is 1. The van der Waals surface area contributed by atoms with Gasteiger partial charge in [-0.1, -0.05) is 0 Å². The van der Waals surface area contributed by atoms with Gasteiger partial charge < -0.3 is 20.2 Å². The molecular weight excluding hydrogens is 246 g/mol. The van der Waals surface area contributed by atoms with Crippen LogP contribution in [0.25, 0.3) is 22.6 Å². The summed E-state index contributed by atoms with van der Waals surface area (Å²) < 4.78 is 10.5. The van der Waals surface area contributed by atoms with Crippen LogP contribution in [-0.2, 0) is 0 Å². The second-order valence-corrected chi connectivity index (χ2v) is 4.02. The third-order valence-corrected chi connectivity index (χ3v) is 2.84. The Bertz CT molecular complexity index is 690. The quantitative estimate of drug-likeness (QED) is 0.662. The smallest absolute Gasteiger partial charge is 0.163 e. The van der Waals surface area contributed by atoms with Crippen LogP contribution in [0.1, 0.15) is 0 Å². The monoisotopic (exact) mass is 259 g/mol. The first-order chi connectivity index (χ1) is 9.21.